The number of carbonyl (C=O) groups excluding carboxylic acids is 3. The number of esters is 3. The van der Waals surface area contributed by atoms with Crippen LogP contribution in [0.2, 0.25) is 0 Å². The van der Waals surface area contributed by atoms with Crippen molar-refractivity contribution in [2.45, 2.75) is 207 Å². The van der Waals surface area contributed by atoms with E-state index in [0.29, 0.717) is 19.3 Å². The quantitative estimate of drug-likeness (QED) is 0.0201. The van der Waals surface area contributed by atoms with Gasteiger partial charge in [-0.05, 0) is 96.3 Å². The van der Waals surface area contributed by atoms with Crippen LogP contribution >= 0.6 is 0 Å². The fraction of sp³-hybridized carbons (Fsp3) is 0.642. The second kappa shape index (κ2) is 47.0. The van der Waals surface area contributed by atoms with Gasteiger partial charge in [-0.25, -0.2) is 0 Å². The molecule has 6 heteroatoms. The highest BCUT2D eigenvalue weighted by molar-refractivity contribution is 5.71. The summed E-state index contributed by atoms with van der Waals surface area (Å²) in [6.45, 7) is 6.36. The fourth-order valence-corrected chi connectivity index (χ4v) is 6.03. The van der Waals surface area contributed by atoms with Gasteiger partial charge in [0.15, 0.2) is 6.10 Å². The fourth-order valence-electron chi connectivity index (χ4n) is 6.03. The first kappa shape index (κ1) is 55.3. The molecule has 0 rings (SSSR count). The molecule has 0 aliphatic carbocycles. The lowest BCUT2D eigenvalue weighted by Crippen LogP contribution is -2.30. The smallest absolute Gasteiger partial charge is 0.306 e. The lowest BCUT2D eigenvalue weighted by molar-refractivity contribution is -0.167. The molecule has 0 heterocycles. The van der Waals surface area contributed by atoms with Crippen molar-refractivity contribution in [3.05, 3.63) is 97.2 Å². The molecule has 6 nitrogen and oxygen atoms in total. The summed E-state index contributed by atoms with van der Waals surface area (Å²) in [4.78, 5) is 37.8. The molecule has 0 amide bonds. The first-order valence-corrected chi connectivity index (χ1v) is 23.8. The summed E-state index contributed by atoms with van der Waals surface area (Å²) in [5, 5.41) is 0. The molecular weight excluding hydrogens is 733 g/mol. The maximum atomic E-state index is 12.7. The number of rotatable bonds is 41. The summed E-state index contributed by atoms with van der Waals surface area (Å²) in [7, 11) is 0. The zero-order chi connectivity index (χ0) is 43.0. The van der Waals surface area contributed by atoms with Crippen LogP contribution in [0, 0.1) is 0 Å². The number of hydrogen-bond donors (Lipinski definition) is 0. The van der Waals surface area contributed by atoms with Crippen LogP contribution in [0.3, 0.4) is 0 Å². The molecule has 0 bridgehead atoms. The number of ether oxygens (including phenoxy) is 3. The van der Waals surface area contributed by atoms with E-state index < -0.39 is 6.10 Å². The van der Waals surface area contributed by atoms with Crippen LogP contribution in [-0.2, 0) is 28.6 Å². The van der Waals surface area contributed by atoms with Crippen LogP contribution in [0.25, 0.3) is 0 Å². The van der Waals surface area contributed by atoms with Crippen LogP contribution in [0.4, 0.5) is 0 Å². The molecule has 0 aliphatic heterocycles. The maximum absolute atomic E-state index is 12.7. The van der Waals surface area contributed by atoms with Crippen LogP contribution in [-0.4, -0.2) is 37.2 Å². The summed E-state index contributed by atoms with van der Waals surface area (Å²) >= 11 is 0. The molecule has 1 unspecified atom stereocenters. The zero-order valence-electron chi connectivity index (χ0n) is 38.0. The molecule has 0 aromatic heterocycles. The molecule has 0 saturated heterocycles. The molecule has 0 spiro atoms. The summed E-state index contributed by atoms with van der Waals surface area (Å²) in [5.41, 5.74) is 0. The Labute approximate surface area is 362 Å². The Balaban J connectivity index is 4.48. The highest BCUT2D eigenvalue weighted by Gasteiger charge is 2.19. The van der Waals surface area contributed by atoms with E-state index in [4.69, 9.17) is 14.2 Å². The molecule has 1 atom stereocenters. The van der Waals surface area contributed by atoms with Crippen molar-refractivity contribution in [2.24, 2.45) is 0 Å². The molecular formula is C53H86O6. The summed E-state index contributed by atoms with van der Waals surface area (Å²) in [5.74, 6) is -0.988. The van der Waals surface area contributed by atoms with Crippen molar-refractivity contribution >= 4 is 17.9 Å². The predicted molar refractivity (Wildman–Crippen MR) is 251 cm³/mol. The van der Waals surface area contributed by atoms with E-state index >= 15 is 0 Å². The number of unbranched alkanes of at least 4 members (excludes halogenated alkanes) is 17. The van der Waals surface area contributed by atoms with Crippen LogP contribution in [0.15, 0.2) is 97.2 Å². The van der Waals surface area contributed by atoms with Gasteiger partial charge in [0.05, 0.1) is 0 Å². The second-order valence-electron chi connectivity index (χ2n) is 15.4. The Morgan fingerprint density at radius 3 is 1.29 bits per heavy atom. The Morgan fingerprint density at radius 2 is 0.746 bits per heavy atom. The topological polar surface area (TPSA) is 78.9 Å². The van der Waals surface area contributed by atoms with E-state index in [9.17, 15) is 14.4 Å². The Morgan fingerprint density at radius 1 is 0.373 bits per heavy atom. The Hall–Kier alpha value is -3.67. The maximum Gasteiger partial charge on any atom is 0.306 e. The normalized spacial score (nSPS) is 12.9. The zero-order valence-corrected chi connectivity index (χ0v) is 38.0. The minimum Gasteiger partial charge on any atom is -0.462 e. The van der Waals surface area contributed by atoms with Crippen molar-refractivity contribution in [1.82, 2.24) is 0 Å². The third-order valence-electron chi connectivity index (χ3n) is 9.64. The van der Waals surface area contributed by atoms with Crippen LogP contribution < -0.4 is 0 Å². The van der Waals surface area contributed by atoms with Gasteiger partial charge in [0.1, 0.15) is 13.2 Å². The third kappa shape index (κ3) is 45.3. The molecule has 0 fully saturated rings. The van der Waals surface area contributed by atoms with Crippen molar-refractivity contribution in [3.63, 3.8) is 0 Å². The van der Waals surface area contributed by atoms with Gasteiger partial charge in [0.25, 0.3) is 0 Å². The van der Waals surface area contributed by atoms with Gasteiger partial charge in [-0.2, -0.15) is 0 Å². The second-order valence-corrected chi connectivity index (χ2v) is 15.4. The molecule has 0 aliphatic rings. The number of carbonyl (C=O) groups is 3. The van der Waals surface area contributed by atoms with Crippen LogP contribution in [0.1, 0.15) is 201 Å². The molecule has 0 radical (unpaired) electrons. The standard InChI is InChI=1S/C53H86O6/c1-4-7-10-13-16-19-22-24-25-26-27-28-29-32-34-37-40-43-46-52(55)58-49-50(48-57-51(54)45-42-39-36-33-30-21-18-15-12-9-6-3)59-53(56)47-44-41-38-35-31-23-20-17-14-11-8-5-2/h8,11,15-20,22,24-28,31,35,50H,4-7,9-10,12-14,21,23,29-30,32-34,36-49H2,1-3H3/b11-8-,18-15-,19-16-,20-17-,24-22-,26-25-,28-27-,35-31-. The number of hydrogen-bond acceptors (Lipinski definition) is 6. The van der Waals surface area contributed by atoms with Gasteiger partial charge in [0, 0.05) is 19.3 Å². The van der Waals surface area contributed by atoms with E-state index in [2.05, 4.69) is 118 Å². The van der Waals surface area contributed by atoms with Gasteiger partial charge >= 0.3 is 17.9 Å². The van der Waals surface area contributed by atoms with Gasteiger partial charge in [-0.3, -0.25) is 14.4 Å². The average Bonchev–Trinajstić information content (AvgIpc) is 3.23. The van der Waals surface area contributed by atoms with Crippen molar-refractivity contribution in [1.29, 1.82) is 0 Å². The molecule has 0 saturated carbocycles. The first-order valence-electron chi connectivity index (χ1n) is 23.8. The predicted octanol–water partition coefficient (Wildman–Crippen LogP) is 15.4. The lowest BCUT2D eigenvalue weighted by Gasteiger charge is -2.18. The van der Waals surface area contributed by atoms with Gasteiger partial charge in [0.2, 0.25) is 0 Å². The Kier molecular flexibility index (Phi) is 44.1. The van der Waals surface area contributed by atoms with Crippen molar-refractivity contribution in [2.75, 3.05) is 13.2 Å². The van der Waals surface area contributed by atoms with E-state index in [0.717, 1.165) is 109 Å². The minimum atomic E-state index is -0.810. The van der Waals surface area contributed by atoms with Crippen molar-refractivity contribution < 1.29 is 28.6 Å². The molecule has 334 valence electrons. The minimum absolute atomic E-state index is 0.107. The largest absolute Gasteiger partial charge is 0.462 e. The molecule has 0 aromatic carbocycles. The van der Waals surface area contributed by atoms with Gasteiger partial charge in [-0.1, -0.05) is 182 Å². The SMILES string of the molecule is CC/C=C\C/C=C\C/C=C\CCCCC(=O)OC(COC(=O)CCCCCCC\C=C/C=C\C=C/C=C\CCCCC)COC(=O)CCCCCCC/C=C\CCCC. The monoisotopic (exact) mass is 819 g/mol. The summed E-state index contributed by atoms with van der Waals surface area (Å²) in [6, 6.07) is 0. The van der Waals surface area contributed by atoms with E-state index in [1.54, 1.807) is 0 Å². The van der Waals surface area contributed by atoms with E-state index in [1.807, 2.05) is 0 Å². The highest BCUT2D eigenvalue weighted by atomic mass is 16.6. The van der Waals surface area contributed by atoms with E-state index in [-0.39, 0.29) is 37.5 Å². The molecule has 59 heavy (non-hydrogen) atoms. The summed E-state index contributed by atoms with van der Waals surface area (Å²) in [6.07, 6.45) is 61.0. The van der Waals surface area contributed by atoms with Gasteiger partial charge in [-0.15, -0.1) is 0 Å². The lowest BCUT2D eigenvalue weighted by atomic mass is 10.1. The molecule has 0 aromatic rings. The van der Waals surface area contributed by atoms with Gasteiger partial charge < -0.3 is 14.2 Å². The highest BCUT2D eigenvalue weighted by Crippen LogP contribution is 2.12. The Bertz CT molecular complexity index is 1220. The van der Waals surface area contributed by atoms with Crippen LogP contribution in [0.5, 0.6) is 0 Å². The first-order chi connectivity index (χ1) is 29.0. The van der Waals surface area contributed by atoms with Crippen molar-refractivity contribution in [3.8, 4) is 0 Å². The molecule has 0 N–H and O–H groups in total. The summed E-state index contributed by atoms with van der Waals surface area (Å²) < 4.78 is 16.7. The van der Waals surface area contributed by atoms with E-state index in [1.165, 1.54) is 44.9 Å². The third-order valence-corrected chi connectivity index (χ3v) is 9.64. The average molecular weight is 819 g/mol. The number of allylic oxidation sites excluding steroid dienone is 16.